The zero-order valence-electron chi connectivity index (χ0n) is 8.75. The summed E-state index contributed by atoms with van der Waals surface area (Å²) in [5.41, 5.74) is 1.04. The van der Waals surface area contributed by atoms with Crippen molar-refractivity contribution in [3.63, 3.8) is 0 Å². The van der Waals surface area contributed by atoms with Crippen molar-refractivity contribution in [1.82, 2.24) is 10.3 Å². The normalized spacial score (nSPS) is 20.5. The predicted octanol–water partition coefficient (Wildman–Crippen LogP) is 1.40. The van der Waals surface area contributed by atoms with E-state index in [4.69, 9.17) is 0 Å². The second-order valence-electron chi connectivity index (χ2n) is 3.64. The molecule has 0 saturated carbocycles. The van der Waals surface area contributed by atoms with Crippen molar-refractivity contribution in [2.75, 3.05) is 11.9 Å². The summed E-state index contributed by atoms with van der Waals surface area (Å²) in [5, 5.41) is 8.70. The van der Waals surface area contributed by atoms with Crippen LogP contribution in [0.2, 0.25) is 0 Å². The smallest absolute Gasteiger partial charge is 0.243 e. The SMILES string of the molecule is CCc1csc(NC(=O)C2CCCN2)n1. The molecule has 1 aromatic heterocycles. The maximum absolute atomic E-state index is 11.7. The first-order valence-corrected chi connectivity index (χ1v) is 6.16. The molecule has 1 amide bonds. The summed E-state index contributed by atoms with van der Waals surface area (Å²) >= 11 is 1.49. The molecule has 1 saturated heterocycles. The van der Waals surface area contributed by atoms with Crippen molar-refractivity contribution in [2.45, 2.75) is 32.2 Å². The Morgan fingerprint density at radius 1 is 1.80 bits per heavy atom. The number of hydrogen-bond acceptors (Lipinski definition) is 4. The minimum absolute atomic E-state index is 0.0287. The molecule has 0 radical (unpaired) electrons. The van der Waals surface area contributed by atoms with Crippen molar-refractivity contribution in [1.29, 1.82) is 0 Å². The first-order valence-electron chi connectivity index (χ1n) is 5.28. The number of nitrogens with zero attached hydrogens (tertiary/aromatic N) is 1. The van der Waals surface area contributed by atoms with Crippen LogP contribution in [-0.2, 0) is 11.2 Å². The first kappa shape index (κ1) is 10.6. The van der Waals surface area contributed by atoms with Crippen molar-refractivity contribution in [3.05, 3.63) is 11.1 Å². The van der Waals surface area contributed by atoms with Crippen LogP contribution >= 0.6 is 11.3 Å². The molecule has 1 aliphatic heterocycles. The number of thiazole rings is 1. The molecule has 0 bridgehead atoms. The van der Waals surface area contributed by atoms with Crippen LogP contribution in [0.3, 0.4) is 0 Å². The summed E-state index contributed by atoms with van der Waals surface area (Å²) in [6.45, 7) is 3.00. The molecular formula is C10H15N3OS. The van der Waals surface area contributed by atoms with E-state index >= 15 is 0 Å². The molecule has 5 heteroatoms. The van der Waals surface area contributed by atoms with E-state index in [0.29, 0.717) is 5.13 Å². The Hall–Kier alpha value is -0.940. The lowest BCUT2D eigenvalue weighted by molar-refractivity contribution is -0.117. The standard InChI is InChI=1S/C10H15N3OS/c1-2-7-6-15-10(12-7)13-9(14)8-4-3-5-11-8/h6,8,11H,2-5H2,1H3,(H,12,13,14). The Morgan fingerprint density at radius 2 is 2.67 bits per heavy atom. The molecule has 15 heavy (non-hydrogen) atoms. The quantitative estimate of drug-likeness (QED) is 0.817. The third kappa shape index (κ3) is 2.54. The van der Waals surface area contributed by atoms with Gasteiger partial charge < -0.3 is 10.6 Å². The Balaban J connectivity index is 1.92. The summed E-state index contributed by atoms with van der Waals surface area (Å²) in [4.78, 5) is 16.0. The summed E-state index contributed by atoms with van der Waals surface area (Å²) in [7, 11) is 0. The van der Waals surface area contributed by atoms with Crippen LogP contribution in [0.5, 0.6) is 0 Å². The lowest BCUT2D eigenvalue weighted by Gasteiger charge is -2.08. The molecule has 1 fully saturated rings. The lowest BCUT2D eigenvalue weighted by Crippen LogP contribution is -2.35. The van der Waals surface area contributed by atoms with E-state index < -0.39 is 0 Å². The summed E-state index contributed by atoms with van der Waals surface area (Å²) in [5.74, 6) is 0.0458. The number of carbonyl (C=O) groups excluding carboxylic acids is 1. The van der Waals surface area contributed by atoms with E-state index in [1.54, 1.807) is 0 Å². The fraction of sp³-hybridized carbons (Fsp3) is 0.600. The van der Waals surface area contributed by atoms with Crippen molar-refractivity contribution < 1.29 is 4.79 Å². The highest BCUT2D eigenvalue weighted by Gasteiger charge is 2.22. The molecule has 1 unspecified atom stereocenters. The highest BCUT2D eigenvalue weighted by atomic mass is 32.1. The van der Waals surface area contributed by atoms with E-state index in [9.17, 15) is 4.79 Å². The highest BCUT2D eigenvalue weighted by Crippen LogP contribution is 2.16. The maximum Gasteiger partial charge on any atom is 0.243 e. The molecule has 2 heterocycles. The van der Waals surface area contributed by atoms with E-state index in [1.807, 2.05) is 5.38 Å². The van der Waals surface area contributed by atoms with Gasteiger partial charge in [0.1, 0.15) is 0 Å². The molecule has 2 N–H and O–H groups in total. The lowest BCUT2D eigenvalue weighted by atomic mass is 10.2. The molecular weight excluding hydrogens is 210 g/mol. The molecule has 0 spiro atoms. The van der Waals surface area contributed by atoms with Gasteiger partial charge in [-0.3, -0.25) is 4.79 Å². The van der Waals surface area contributed by atoms with Gasteiger partial charge in [-0.15, -0.1) is 11.3 Å². The predicted molar refractivity (Wildman–Crippen MR) is 61.1 cm³/mol. The number of nitrogens with one attached hydrogen (secondary N) is 2. The van der Waals surface area contributed by atoms with Crippen LogP contribution in [0, 0.1) is 0 Å². The topological polar surface area (TPSA) is 54.0 Å². The molecule has 1 aliphatic rings. The van der Waals surface area contributed by atoms with E-state index in [2.05, 4.69) is 22.5 Å². The van der Waals surface area contributed by atoms with E-state index in [0.717, 1.165) is 31.5 Å². The molecule has 0 aromatic carbocycles. The Bertz CT molecular complexity index is 344. The van der Waals surface area contributed by atoms with Gasteiger partial charge in [-0.2, -0.15) is 0 Å². The number of hydrogen-bond donors (Lipinski definition) is 2. The number of anilines is 1. The fourth-order valence-corrected chi connectivity index (χ4v) is 2.42. The molecule has 0 aliphatic carbocycles. The minimum Gasteiger partial charge on any atom is -0.306 e. The minimum atomic E-state index is -0.0287. The molecule has 2 rings (SSSR count). The second kappa shape index (κ2) is 4.72. The first-order chi connectivity index (χ1) is 7.29. The van der Waals surface area contributed by atoms with Crippen molar-refractivity contribution in [3.8, 4) is 0 Å². The van der Waals surface area contributed by atoms with Crippen LogP contribution in [-0.4, -0.2) is 23.5 Å². The van der Waals surface area contributed by atoms with Crippen LogP contribution in [0.4, 0.5) is 5.13 Å². The monoisotopic (exact) mass is 225 g/mol. The highest BCUT2D eigenvalue weighted by molar-refractivity contribution is 7.13. The third-order valence-corrected chi connectivity index (χ3v) is 3.33. The fourth-order valence-electron chi connectivity index (χ4n) is 1.63. The van der Waals surface area contributed by atoms with Gasteiger partial charge >= 0.3 is 0 Å². The maximum atomic E-state index is 11.7. The van der Waals surface area contributed by atoms with Gasteiger partial charge in [-0.25, -0.2) is 4.98 Å². The number of aryl methyl sites for hydroxylation is 1. The Labute approximate surface area is 93.1 Å². The van der Waals surface area contributed by atoms with E-state index in [1.165, 1.54) is 11.3 Å². The average Bonchev–Trinajstić information content (AvgIpc) is 2.87. The van der Waals surface area contributed by atoms with Gasteiger partial charge in [0.25, 0.3) is 0 Å². The number of aromatic nitrogens is 1. The zero-order valence-corrected chi connectivity index (χ0v) is 9.56. The zero-order chi connectivity index (χ0) is 10.7. The molecule has 1 atom stereocenters. The summed E-state index contributed by atoms with van der Waals surface area (Å²) in [6.07, 6.45) is 2.92. The van der Waals surface area contributed by atoms with Gasteiger partial charge in [0, 0.05) is 5.38 Å². The van der Waals surface area contributed by atoms with Crippen LogP contribution in [0.25, 0.3) is 0 Å². The molecule has 4 nitrogen and oxygen atoms in total. The largest absolute Gasteiger partial charge is 0.306 e. The van der Waals surface area contributed by atoms with E-state index in [-0.39, 0.29) is 11.9 Å². The Kier molecular flexibility index (Phi) is 3.33. The van der Waals surface area contributed by atoms with Crippen LogP contribution < -0.4 is 10.6 Å². The van der Waals surface area contributed by atoms with Crippen LogP contribution in [0.15, 0.2) is 5.38 Å². The number of rotatable bonds is 3. The second-order valence-corrected chi connectivity index (χ2v) is 4.49. The molecule has 1 aromatic rings. The third-order valence-electron chi connectivity index (χ3n) is 2.52. The van der Waals surface area contributed by atoms with Gasteiger partial charge in [-0.1, -0.05) is 6.92 Å². The van der Waals surface area contributed by atoms with Crippen molar-refractivity contribution >= 4 is 22.4 Å². The summed E-state index contributed by atoms with van der Waals surface area (Å²) < 4.78 is 0. The van der Waals surface area contributed by atoms with Crippen LogP contribution in [0.1, 0.15) is 25.5 Å². The molecule has 82 valence electrons. The van der Waals surface area contributed by atoms with Gasteiger partial charge in [0.05, 0.1) is 11.7 Å². The van der Waals surface area contributed by atoms with Crippen molar-refractivity contribution in [2.24, 2.45) is 0 Å². The van der Waals surface area contributed by atoms with Gasteiger partial charge in [-0.05, 0) is 25.8 Å². The summed E-state index contributed by atoms with van der Waals surface area (Å²) in [6, 6.07) is -0.0287. The number of carbonyl (C=O) groups is 1. The van der Waals surface area contributed by atoms with Gasteiger partial charge in [0.15, 0.2) is 5.13 Å². The Morgan fingerprint density at radius 3 is 3.27 bits per heavy atom. The number of amides is 1. The average molecular weight is 225 g/mol. The van der Waals surface area contributed by atoms with Gasteiger partial charge in [0.2, 0.25) is 5.91 Å².